The lowest BCUT2D eigenvalue weighted by Gasteiger charge is -1.98. The largest absolute Gasteiger partial charge is 0.357 e. The van der Waals surface area contributed by atoms with Gasteiger partial charge in [0.25, 0.3) is 11.7 Å². The van der Waals surface area contributed by atoms with Crippen LogP contribution in [0.15, 0.2) is 18.5 Å². The highest BCUT2D eigenvalue weighted by atomic mass is 16.2. The maximum atomic E-state index is 11.4. The zero-order valence-electron chi connectivity index (χ0n) is 8.14. The molecule has 78 valence electrons. The Hall–Kier alpha value is -2.18. The molecule has 15 heavy (non-hydrogen) atoms. The Bertz CT molecular complexity index is 445. The van der Waals surface area contributed by atoms with E-state index in [1.807, 2.05) is 30.1 Å². The molecule has 0 aliphatic rings. The lowest BCUT2D eigenvalue weighted by atomic mass is 10.3. The molecule has 0 saturated heterocycles. The van der Waals surface area contributed by atoms with Crippen molar-refractivity contribution in [2.24, 2.45) is 7.05 Å². The van der Waals surface area contributed by atoms with E-state index in [-0.39, 0.29) is 11.7 Å². The van der Waals surface area contributed by atoms with Gasteiger partial charge in [0.15, 0.2) is 0 Å². The fourth-order valence-corrected chi connectivity index (χ4v) is 1.18. The molecule has 0 saturated carbocycles. The van der Waals surface area contributed by atoms with Crippen LogP contribution in [0.3, 0.4) is 0 Å². The Morgan fingerprint density at radius 2 is 2.53 bits per heavy atom. The quantitative estimate of drug-likeness (QED) is 0.706. The highest BCUT2D eigenvalue weighted by Crippen LogP contribution is 1.98. The molecule has 0 unspecified atom stereocenters. The average Bonchev–Trinajstić information content (AvgIpc) is 2.84. The third-order valence-corrected chi connectivity index (χ3v) is 1.89. The molecule has 1 amide bonds. The van der Waals surface area contributed by atoms with Crippen molar-refractivity contribution in [3.05, 3.63) is 29.8 Å². The van der Waals surface area contributed by atoms with Gasteiger partial charge in [-0.2, -0.15) is 5.21 Å². The highest BCUT2D eigenvalue weighted by molar-refractivity contribution is 5.89. The zero-order chi connectivity index (χ0) is 10.7. The van der Waals surface area contributed by atoms with Crippen LogP contribution in [0.5, 0.6) is 0 Å². The number of nitrogens with zero attached hydrogens (tertiary/aromatic N) is 4. The minimum atomic E-state index is -0.340. The Kier molecular flexibility index (Phi) is 2.44. The summed E-state index contributed by atoms with van der Waals surface area (Å²) < 4.78 is 1.91. The van der Waals surface area contributed by atoms with Gasteiger partial charge in [0.05, 0.1) is 0 Å². The summed E-state index contributed by atoms with van der Waals surface area (Å²) >= 11 is 0. The average molecular weight is 206 g/mol. The third kappa shape index (κ3) is 2.19. The normalized spacial score (nSPS) is 10.2. The predicted octanol–water partition coefficient (Wildman–Crippen LogP) is -0.532. The first-order chi connectivity index (χ1) is 7.25. The van der Waals surface area contributed by atoms with Crippen LogP contribution in [0.25, 0.3) is 0 Å². The van der Waals surface area contributed by atoms with E-state index in [9.17, 15) is 4.79 Å². The maximum absolute atomic E-state index is 11.4. The van der Waals surface area contributed by atoms with Gasteiger partial charge in [-0.3, -0.25) is 4.79 Å². The Morgan fingerprint density at radius 1 is 1.67 bits per heavy atom. The van der Waals surface area contributed by atoms with Crippen molar-refractivity contribution >= 4 is 5.91 Å². The highest BCUT2D eigenvalue weighted by Gasteiger charge is 2.09. The van der Waals surface area contributed by atoms with Crippen LogP contribution in [0.4, 0.5) is 0 Å². The van der Waals surface area contributed by atoms with Gasteiger partial charge in [-0.15, -0.1) is 10.2 Å². The summed E-state index contributed by atoms with van der Waals surface area (Å²) in [7, 11) is 1.92. The van der Waals surface area contributed by atoms with E-state index >= 15 is 0 Å². The SMILES string of the molecule is Cn1ccc(CNC(=O)c2nn[nH]n2)c1. The second kappa shape index (κ2) is 3.91. The molecule has 0 bridgehead atoms. The molecule has 7 heteroatoms. The van der Waals surface area contributed by atoms with E-state index in [4.69, 9.17) is 0 Å². The van der Waals surface area contributed by atoms with Crippen molar-refractivity contribution in [3.63, 3.8) is 0 Å². The molecule has 2 rings (SSSR count). The Labute approximate surface area is 85.5 Å². The predicted molar refractivity (Wildman–Crippen MR) is 50.8 cm³/mol. The number of tetrazole rings is 1. The van der Waals surface area contributed by atoms with Gasteiger partial charge in [-0.05, 0) is 16.8 Å². The van der Waals surface area contributed by atoms with Crippen molar-refractivity contribution in [2.75, 3.05) is 0 Å². The topological polar surface area (TPSA) is 88.5 Å². The molecule has 0 fully saturated rings. The number of hydrogen-bond acceptors (Lipinski definition) is 4. The lowest BCUT2D eigenvalue weighted by molar-refractivity contribution is 0.0940. The van der Waals surface area contributed by atoms with Crippen molar-refractivity contribution in [1.82, 2.24) is 30.5 Å². The van der Waals surface area contributed by atoms with Crippen LogP contribution in [-0.4, -0.2) is 31.1 Å². The molecular weight excluding hydrogens is 196 g/mol. The monoisotopic (exact) mass is 206 g/mol. The molecule has 7 nitrogen and oxygen atoms in total. The number of H-pyrrole nitrogens is 1. The third-order valence-electron chi connectivity index (χ3n) is 1.89. The van der Waals surface area contributed by atoms with Crippen molar-refractivity contribution in [1.29, 1.82) is 0 Å². The number of carbonyl (C=O) groups excluding carboxylic acids is 1. The molecule has 2 aromatic heterocycles. The molecule has 2 N–H and O–H groups in total. The van der Waals surface area contributed by atoms with Crippen LogP contribution in [0, 0.1) is 0 Å². The second-order valence-electron chi connectivity index (χ2n) is 3.10. The fraction of sp³-hybridized carbons (Fsp3) is 0.250. The molecule has 2 heterocycles. The molecule has 0 aliphatic heterocycles. The van der Waals surface area contributed by atoms with E-state index in [0.29, 0.717) is 6.54 Å². The zero-order valence-corrected chi connectivity index (χ0v) is 8.14. The summed E-state index contributed by atoms with van der Waals surface area (Å²) in [5.41, 5.74) is 1.02. The standard InChI is InChI=1S/C8H10N6O/c1-14-3-2-6(5-14)4-9-8(15)7-10-12-13-11-7/h2-3,5H,4H2,1H3,(H,9,15)(H,10,11,12,13). The Balaban J connectivity index is 1.91. The number of carbonyl (C=O) groups is 1. The van der Waals surface area contributed by atoms with E-state index in [2.05, 4.69) is 25.9 Å². The maximum Gasteiger partial charge on any atom is 0.293 e. The van der Waals surface area contributed by atoms with Gasteiger partial charge in [0, 0.05) is 26.0 Å². The van der Waals surface area contributed by atoms with Gasteiger partial charge >= 0.3 is 0 Å². The number of aryl methyl sites for hydroxylation is 1. The molecule has 2 aromatic rings. The van der Waals surface area contributed by atoms with Gasteiger partial charge in [0.1, 0.15) is 0 Å². The minimum absolute atomic E-state index is 0.0472. The summed E-state index contributed by atoms with van der Waals surface area (Å²) in [4.78, 5) is 11.4. The molecular formula is C8H10N6O. The number of nitrogens with one attached hydrogen (secondary N) is 2. The van der Waals surface area contributed by atoms with Crippen LogP contribution in [0.2, 0.25) is 0 Å². The summed E-state index contributed by atoms with van der Waals surface area (Å²) in [5, 5.41) is 15.3. The number of rotatable bonds is 3. The van der Waals surface area contributed by atoms with E-state index in [1.54, 1.807) is 0 Å². The number of aromatic nitrogens is 5. The first-order valence-electron chi connectivity index (χ1n) is 4.38. The summed E-state index contributed by atoms with van der Waals surface area (Å²) in [6.45, 7) is 0.453. The van der Waals surface area contributed by atoms with Crippen molar-refractivity contribution < 1.29 is 4.79 Å². The van der Waals surface area contributed by atoms with Crippen LogP contribution < -0.4 is 5.32 Å². The molecule has 0 spiro atoms. The van der Waals surface area contributed by atoms with Gasteiger partial charge < -0.3 is 9.88 Å². The fourth-order valence-electron chi connectivity index (χ4n) is 1.18. The van der Waals surface area contributed by atoms with Crippen LogP contribution in [-0.2, 0) is 13.6 Å². The summed E-state index contributed by atoms with van der Waals surface area (Å²) in [6, 6.07) is 1.93. The summed E-state index contributed by atoms with van der Waals surface area (Å²) in [6.07, 6.45) is 3.84. The van der Waals surface area contributed by atoms with Gasteiger partial charge in [-0.25, -0.2) is 0 Å². The van der Waals surface area contributed by atoms with E-state index in [0.717, 1.165) is 5.56 Å². The number of amides is 1. The first kappa shape index (κ1) is 9.38. The van der Waals surface area contributed by atoms with Gasteiger partial charge in [-0.1, -0.05) is 0 Å². The molecule has 0 aliphatic carbocycles. The molecule has 0 atom stereocenters. The second-order valence-corrected chi connectivity index (χ2v) is 3.10. The van der Waals surface area contributed by atoms with Crippen molar-refractivity contribution in [3.8, 4) is 0 Å². The Morgan fingerprint density at radius 3 is 3.13 bits per heavy atom. The van der Waals surface area contributed by atoms with Crippen LogP contribution in [0.1, 0.15) is 16.2 Å². The van der Waals surface area contributed by atoms with Crippen LogP contribution >= 0.6 is 0 Å². The molecule has 0 aromatic carbocycles. The van der Waals surface area contributed by atoms with Crippen molar-refractivity contribution in [2.45, 2.75) is 6.54 Å². The lowest BCUT2D eigenvalue weighted by Crippen LogP contribution is -2.23. The smallest absolute Gasteiger partial charge is 0.293 e. The number of aromatic amines is 1. The van der Waals surface area contributed by atoms with E-state index < -0.39 is 0 Å². The number of hydrogen-bond donors (Lipinski definition) is 2. The van der Waals surface area contributed by atoms with Gasteiger partial charge in [0.2, 0.25) is 0 Å². The molecule has 0 radical (unpaired) electrons. The summed E-state index contributed by atoms with van der Waals surface area (Å²) in [5.74, 6) is -0.293. The van der Waals surface area contributed by atoms with E-state index in [1.165, 1.54) is 0 Å². The minimum Gasteiger partial charge on any atom is -0.357 e. The first-order valence-corrected chi connectivity index (χ1v) is 4.38.